The molecule has 0 heterocycles. The summed E-state index contributed by atoms with van der Waals surface area (Å²) < 4.78 is 0. The number of allylic oxidation sites excluding steroid dienone is 1. The van der Waals surface area contributed by atoms with Gasteiger partial charge in [0.15, 0.2) is 0 Å². The van der Waals surface area contributed by atoms with Gasteiger partial charge in [-0.1, -0.05) is 23.8 Å². The van der Waals surface area contributed by atoms with Crippen LogP contribution in [0.3, 0.4) is 0 Å². The average Bonchev–Trinajstić information content (AvgIpc) is 2.29. The molecule has 2 rings (SSSR count). The summed E-state index contributed by atoms with van der Waals surface area (Å²) >= 11 is 0. The molecule has 0 saturated heterocycles. The maximum Gasteiger partial charge on any atom is -0.0247 e. The van der Waals surface area contributed by atoms with Crippen molar-refractivity contribution in [2.75, 3.05) is 0 Å². The van der Waals surface area contributed by atoms with Gasteiger partial charge in [-0.25, -0.2) is 0 Å². The standard InChI is InChI=1S/C17H24/c1-13(2)6-4-8-15-10-11-17-14(3)7-5-9-16(17)12-15/h5,7,9,15H,1,4,6,8,10-12H2,2-3H3. The Bertz CT molecular complexity index is 400. The van der Waals surface area contributed by atoms with Gasteiger partial charge in [0.1, 0.15) is 0 Å². The summed E-state index contributed by atoms with van der Waals surface area (Å²) in [5.41, 5.74) is 6.06. The normalized spacial score (nSPS) is 18.8. The lowest BCUT2D eigenvalue weighted by molar-refractivity contribution is 0.414. The van der Waals surface area contributed by atoms with Crippen LogP contribution in [0, 0.1) is 12.8 Å². The van der Waals surface area contributed by atoms with Crippen LogP contribution in [0.4, 0.5) is 0 Å². The van der Waals surface area contributed by atoms with Gasteiger partial charge in [0.25, 0.3) is 0 Å². The molecule has 0 saturated carbocycles. The number of rotatable bonds is 4. The molecule has 1 aromatic rings. The van der Waals surface area contributed by atoms with Gasteiger partial charge >= 0.3 is 0 Å². The van der Waals surface area contributed by atoms with Crippen molar-refractivity contribution in [2.24, 2.45) is 5.92 Å². The molecule has 1 aliphatic carbocycles. The van der Waals surface area contributed by atoms with Gasteiger partial charge in [-0.15, -0.1) is 6.58 Å². The fraction of sp³-hybridized carbons (Fsp3) is 0.529. The number of aryl methyl sites for hydroxylation is 1. The molecule has 0 amide bonds. The first-order valence-corrected chi connectivity index (χ1v) is 6.88. The van der Waals surface area contributed by atoms with E-state index < -0.39 is 0 Å². The van der Waals surface area contributed by atoms with E-state index in [1.165, 1.54) is 49.7 Å². The lowest BCUT2D eigenvalue weighted by Crippen LogP contribution is -2.15. The van der Waals surface area contributed by atoms with Gasteiger partial charge in [-0.05, 0) is 75.0 Å². The molecule has 1 aliphatic rings. The number of hydrogen-bond donors (Lipinski definition) is 0. The van der Waals surface area contributed by atoms with Crippen LogP contribution in [-0.4, -0.2) is 0 Å². The Morgan fingerprint density at radius 2 is 2.24 bits per heavy atom. The lowest BCUT2D eigenvalue weighted by Gasteiger charge is -2.25. The van der Waals surface area contributed by atoms with Gasteiger partial charge in [0.05, 0.1) is 0 Å². The van der Waals surface area contributed by atoms with E-state index >= 15 is 0 Å². The Balaban J connectivity index is 1.92. The summed E-state index contributed by atoms with van der Waals surface area (Å²) in [6.07, 6.45) is 7.87. The van der Waals surface area contributed by atoms with Crippen molar-refractivity contribution in [3.63, 3.8) is 0 Å². The third kappa shape index (κ3) is 3.21. The van der Waals surface area contributed by atoms with Crippen LogP contribution >= 0.6 is 0 Å². The topological polar surface area (TPSA) is 0 Å². The smallest absolute Gasteiger partial charge is 0.0247 e. The van der Waals surface area contributed by atoms with Crippen molar-refractivity contribution in [1.82, 2.24) is 0 Å². The van der Waals surface area contributed by atoms with Crippen LogP contribution in [-0.2, 0) is 12.8 Å². The summed E-state index contributed by atoms with van der Waals surface area (Å²) in [6.45, 7) is 8.37. The molecule has 0 aromatic heterocycles. The van der Waals surface area contributed by atoms with Crippen molar-refractivity contribution in [2.45, 2.75) is 52.4 Å². The number of benzene rings is 1. The zero-order valence-electron chi connectivity index (χ0n) is 11.3. The first kappa shape index (κ1) is 12.4. The van der Waals surface area contributed by atoms with Gasteiger partial charge in [0, 0.05) is 0 Å². The van der Waals surface area contributed by atoms with Crippen LogP contribution in [0.15, 0.2) is 30.4 Å². The summed E-state index contributed by atoms with van der Waals surface area (Å²) in [5.74, 6) is 0.906. The molecular formula is C17H24. The Kier molecular flexibility index (Phi) is 4.04. The van der Waals surface area contributed by atoms with E-state index in [-0.39, 0.29) is 0 Å². The molecule has 17 heavy (non-hydrogen) atoms. The van der Waals surface area contributed by atoms with E-state index in [1.54, 1.807) is 11.1 Å². The summed E-state index contributed by atoms with van der Waals surface area (Å²) in [6, 6.07) is 6.79. The van der Waals surface area contributed by atoms with E-state index in [4.69, 9.17) is 0 Å². The van der Waals surface area contributed by atoms with Gasteiger partial charge in [0.2, 0.25) is 0 Å². The molecule has 0 heteroatoms. The second-order valence-corrected chi connectivity index (χ2v) is 5.67. The van der Waals surface area contributed by atoms with E-state index in [2.05, 4.69) is 38.6 Å². The fourth-order valence-corrected chi connectivity index (χ4v) is 3.01. The van der Waals surface area contributed by atoms with Crippen LogP contribution in [0.25, 0.3) is 0 Å². The molecule has 0 spiro atoms. The SMILES string of the molecule is C=C(C)CCCC1CCc2c(C)cccc2C1. The monoisotopic (exact) mass is 228 g/mol. The molecule has 1 aromatic carbocycles. The Morgan fingerprint density at radius 1 is 1.41 bits per heavy atom. The van der Waals surface area contributed by atoms with Crippen LogP contribution in [0.1, 0.15) is 49.3 Å². The largest absolute Gasteiger partial charge is 0.100 e. The van der Waals surface area contributed by atoms with E-state index in [1.807, 2.05) is 0 Å². The quantitative estimate of drug-likeness (QED) is 0.646. The molecule has 1 atom stereocenters. The van der Waals surface area contributed by atoms with Crippen molar-refractivity contribution in [3.05, 3.63) is 47.0 Å². The van der Waals surface area contributed by atoms with Crippen LogP contribution < -0.4 is 0 Å². The lowest BCUT2D eigenvalue weighted by atomic mass is 9.80. The zero-order chi connectivity index (χ0) is 12.3. The third-order valence-electron chi connectivity index (χ3n) is 4.03. The molecule has 0 nitrogen and oxygen atoms in total. The molecule has 0 aliphatic heterocycles. The maximum absolute atomic E-state index is 3.99. The average molecular weight is 228 g/mol. The molecule has 1 unspecified atom stereocenters. The molecule has 0 N–H and O–H groups in total. The second kappa shape index (κ2) is 5.53. The molecule has 0 radical (unpaired) electrons. The van der Waals surface area contributed by atoms with Gasteiger partial charge in [-0.2, -0.15) is 0 Å². The Labute approximate surface area is 106 Å². The highest BCUT2D eigenvalue weighted by atomic mass is 14.2. The molecule has 92 valence electrons. The molecule has 0 bridgehead atoms. The highest BCUT2D eigenvalue weighted by Gasteiger charge is 2.18. The summed E-state index contributed by atoms with van der Waals surface area (Å²) in [5, 5.41) is 0. The van der Waals surface area contributed by atoms with Gasteiger partial charge < -0.3 is 0 Å². The fourth-order valence-electron chi connectivity index (χ4n) is 3.01. The highest BCUT2D eigenvalue weighted by molar-refractivity contribution is 5.36. The minimum absolute atomic E-state index is 0.906. The first-order chi connectivity index (χ1) is 8.16. The number of fused-ring (bicyclic) bond motifs is 1. The molecular weight excluding hydrogens is 204 g/mol. The predicted molar refractivity (Wildman–Crippen MR) is 75.4 cm³/mol. The van der Waals surface area contributed by atoms with E-state index in [0.717, 1.165) is 5.92 Å². The highest BCUT2D eigenvalue weighted by Crippen LogP contribution is 2.30. The minimum Gasteiger partial charge on any atom is -0.100 e. The zero-order valence-corrected chi connectivity index (χ0v) is 11.3. The van der Waals surface area contributed by atoms with Crippen molar-refractivity contribution >= 4 is 0 Å². The van der Waals surface area contributed by atoms with Crippen LogP contribution in [0.5, 0.6) is 0 Å². The van der Waals surface area contributed by atoms with Crippen molar-refractivity contribution in [1.29, 1.82) is 0 Å². The predicted octanol–water partition coefficient (Wildman–Crippen LogP) is 4.85. The summed E-state index contributed by atoms with van der Waals surface area (Å²) in [7, 11) is 0. The minimum atomic E-state index is 0.906. The maximum atomic E-state index is 3.99. The second-order valence-electron chi connectivity index (χ2n) is 5.67. The van der Waals surface area contributed by atoms with Gasteiger partial charge in [-0.3, -0.25) is 0 Å². The Hall–Kier alpha value is -1.04. The van der Waals surface area contributed by atoms with Crippen molar-refractivity contribution in [3.8, 4) is 0 Å². The Morgan fingerprint density at radius 3 is 3.00 bits per heavy atom. The molecule has 0 fully saturated rings. The first-order valence-electron chi connectivity index (χ1n) is 6.88. The van der Waals surface area contributed by atoms with Crippen LogP contribution in [0.2, 0.25) is 0 Å². The number of hydrogen-bond acceptors (Lipinski definition) is 0. The third-order valence-corrected chi connectivity index (χ3v) is 4.03. The van der Waals surface area contributed by atoms with E-state index in [9.17, 15) is 0 Å². The van der Waals surface area contributed by atoms with Crippen molar-refractivity contribution < 1.29 is 0 Å². The summed E-state index contributed by atoms with van der Waals surface area (Å²) in [4.78, 5) is 0. The van der Waals surface area contributed by atoms with E-state index in [0.29, 0.717) is 0 Å².